The Morgan fingerprint density at radius 3 is 2.53 bits per heavy atom. The number of carbonyl (C=O) groups is 2. The molecule has 3 aromatic rings. The zero-order valence-electron chi connectivity index (χ0n) is 17.6. The smallest absolute Gasteiger partial charge is 0.326 e. The molecule has 1 amide bonds. The summed E-state index contributed by atoms with van der Waals surface area (Å²) in [6.07, 6.45) is 0. The molecule has 7 nitrogen and oxygen atoms in total. The van der Waals surface area contributed by atoms with E-state index in [4.69, 9.17) is 14.2 Å². The third-order valence-corrected chi connectivity index (χ3v) is 5.57. The number of hydrogen-bond donors (Lipinski definition) is 0. The van der Waals surface area contributed by atoms with Crippen molar-refractivity contribution in [3.8, 4) is 11.5 Å². The van der Waals surface area contributed by atoms with Crippen LogP contribution in [0.3, 0.4) is 0 Å². The fraction of sp³-hybridized carbons (Fsp3) is 0.318. The number of methoxy groups -OCH3 is 2. The summed E-state index contributed by atoms with van der Waals surface area (Å²) in [5.74, 6) is 0.100. The molecule has 1 aromatic heterocycles. The minimum Gasteiger partial charge on any atom is -0.497 e. The fourth-order valence-corrected chi connectivity index (χ4v) is 4.49. The van der Waals surface area contributed by atoms with Crippen molar-refractivity contribution in [2.45, 2.75) is 27.3 Å². The van der Waals surface area contributed by atoms with Gasteiger partial charge in [0.1, 0.15) is 18.0 Å². The maximum atomic E-state index is 13.0. The molecular weight excluding hydrogens is 404 g/mol. The van der Waals surface area contributed by atoms with Crippen LogP contribution in [0.1, 0.15) is 28.4 Å². The van der Waals surface area contributed by atoms with E-state index in [0.717, 1.165) is 21.3 Å². The Balaban J connectivity index is 2.17. The van der Waals surface area contributed by atoms with Crippen molar-refractivity contribution in [3.63, 3.8) is 0 Å². The van der Waals surface area contributed by atoms with Crippen LogP contribution in [0.5, 0.6) is 11.5 Å². The van der Waals surface area contributed by atoms with Crippen molar-refractivity contribution >= 4 is 33.4 Å². The summed E-state index contributed by atoms with van der Waals surface area (Å²) in [5.41, 5.74) is 3.28. The molecule has 2 aromatic carbocycles. The fourth-order valence-electron chi connectivity index (χ4n) is 3.28. The Morgan fingerprint density at radius 2 is 1.87 bits per heavy atom. The average molecular weight is 429 g/mol. The minimum atomic E-state index is -0.465. The van der Waals surface area contributed by atoms with Crippen LogP contribution < -0.4 is 14.3 Å². The van der Waals surface area contributed by atoms with Gasteiger partial charge in [-0.2, -0.15) is 4.99 Å². The Labute approximate surface area is 178 Å². The maximum absolute atomic E-state index is 13.0. The Morgan fingerprint density at radius 1 is 1.10 bits per heavy atom. The second-order valence-electron chi connectivity index (χ2n) is 6.69. The zero-order valence-corrected chi connectivity index (χ0v) is 18.5. The third-order valence-electron chi connectivity index (χ3n) is 4.54. The lowest BCUT2D eigenvalue weighted by Gasteiger charge is -2.08. The molecule has 0 unspecified atom stereocenters. The Bertz CT molecular complexity index is 1180. The first kappa shape index (κ1) is 21.6. The van der Waals surface area contributed by atoms with Gasteiger partial charge in [-0.05, 0) is 50.1 Å². The first-order valence-electron chi connectivity index (χ1n) is 9.45. The first-order valence-corrected chi connectivity index (χ1v) is 10.3. The van der Waals surface area contributed by atoms with Gasteiger partial charge in [-0.15, -0.1) is 0 Å². The van der Waals surface area contributed by atoms with Gasteiger partial charge in [-0.1, -0.05) is 17.4 Å². The van der Waals surface area contributed by atoms with Gasteiger partial charge in [0.25, 0.3) is 5.91 Å². The quantitative estimate of drug-likeness (QED) is 0.560. The summed E-state index contributed by atoms with van der Waals surface area (Å²) >= 11 is 1.36. The lowest BCUT2D eigenvalue weighted by atomic mass is 10.1. The molecule has 30 heavy (non-hydrogen) atoms. The molecule has 0 aliphatic carbocycles. The van der Waals surface area contributed by atoms with Crippen molar-refractivity contribution in [3.05, 3.63) is 51.8 Å². The van der Waals surface area contributed by atoms with Crippen LogP contribution in [0.25, 0.3) is 10.2 Å². The topological polar surface area (TPSA) is 79.1 Å². The van der Waals surface area contributed by atoms with Gasteiger partial charge < -0.3 is 18.8 Å². The number of esters is 1. The number of aryl methyl sites for hydroxylation is 2. The highest BCUT2D eigenvalue weighted by Crippen LogP contribution is 2.26. The van der Waals surface area contributed by atoms with E-state index < -0.39 is 5.91 Å². The summed E-state index contributed by atoms with van der Waals surface area (Å²) < 4.78 is 18.3. The van der Waals surface area contributed by atoms with E-state index >= 15 is 0 Å². The van der Waals surface area contributed by atoms with Gasteiger partial charge in [0.2, 0.25) is 0 Å². The number of amides is 1. The molecule has 0 saturated heterocycles. The van der Waals surface area contributed by atoms with Crippen LogP contribution in [-0.4, -0.2) is 37.3 Å². The van der Waals surface area contributed by atoms with E-state index in [9.17, 15) is 9.59 Å². The number of rotatable bonds is 6. The van der Waals surface area contributed by atoms with E-state index in [1.165, 1.54) is 18.4 Å². The third kappa shape index (κ3) is 4.38. The molecule has 0 radical (unpaired) electrons. The largest absolute Gasteiger partial charge is 0.497 e. The summed E-state index contributed by atoms with van der Waals surface area (Å²) in [6.45, 7) is 6.00. The van der Waals surface area contributed by atoms with E-state index in [1.807, 2.05) is 26.0 Å². The molecule has 1 heterocycles. The number of thiazole rings is 1. The highest BCUT2D eigenvalue weighted by Gasteiger charge is 2.17. The van der Waals surface area contributed by atoms with E-state index in [1.54, 1.807) is 36.8 Å². The van der Waals surface area contributed by atoms with Crippen molar-refractivity contribution in [1.82, 2.24) is 4.57 Å². The van der Waals surface area contributed by atoms with Gasteiger partial charge in [0.15, 0.2) is 4.80 Å². The predicted octanol–water partition coefficient (Wildman–Crippen LogP) is 3.64. The van der Waals surface area contributed by atoms with Crippen molar-refractivity contribution < 1.29 is 23.8 Å². The number of ether oxygens (including phenoxy) is 3. The molecule has 8 heteroatoms. The molecule has 3 rings (SSSR count). The molecule has 0 spiro atoms. The molecule has 0 saturated carbocycles. The Hall–Kier alpha value is -3.13. The van der Waals surface area contributed by atoms with E-state index in [0.29, 0.717) is 21.9 Å². The summed E-state index contributed by atoms with van der Waals surface area (Å²) in [7, 11) is 3.03. The van der Waals surface area contributed by atoms with Crippen LogP contribution in [-0.2, 0) is 16.1 Å². The summed E-state index contributed by atoms with van der Waals surface area (Å²) in [6, 6.07) is 8.98. The van der Waals surface area contributed by atoms with Crippen LogP contribution in [0, 0.1) is 13.8 Å². The van der Waals surface area contributed by atoms with E-state index in [2.05, 4.69) is 4.99 Å². The summed E-state index contributed by atoms with van der Waals surface area (Å²) in [5, 5.41) is 0. The number of nitrogens with zero attached hydrogens (tertiary/aromatic N) is 2. The molecule has 158 valence electrons. The lowest BCUT2D eigenvalue weighted by Crippen LogP contribution is -2.23. The Kier molecular flexibility index (Phi) is 6.56. The maximum Gasteiger partial charge on any atom is 0.326 e. The number of hydrogen-bond acceptors (Lipinski definition) is 6. The molecule has 0 atom stereocenters. The van der Waals surface area contributed by atoms with Crippen molar-refractivity contribution in [1.29, 1.82) is 0 Å². The molecule has 0 aliphatic heterocycles. The zero-order chi connectivity index (χ0) is 21.8. The number of aromatic nitrogens is 1. The van der Waals surface area contributed by atoms with Crippen LogP contribution in [0.4, 0.5) is 0 Å². The van der Waals surface area contributed by atoms with Gasteiger partial charge >= 0.3 is 5.97 Å². The van der Waals surface area contributed by atoms with E-state index in [-0.39, 0.29) is 19.1 Å². The SMILES string of the molecule is CCOC(=O)Cn1c(=NC(=O)c2ccc(OC)cc2OC)sc2cc(C)cc(C)c21. The minimum absolute atomic E-state index is 0.0242. The highest BCUT2D eigenvalue weighted by atomic mass is 32.1. The van der Waals surface area contributed by atoms with Crippen LogP contribution in [0.15, 0.2) is 35.3 Å². The normalized spacial score (nSPS) is 11.6. The highest BCUT2D eigenvalue weighted by molar-refractivity contribution is 7.16. The second-order valence-corrected chi connectivity index (χ2v) is 7.70. The lowest BCUT2D eigenvalue weighted by molar-refractivity contribution is -0.143. The van der Waals surface area contributed by atoms with Gasteiger partial charge in [0, 0.05) is 6.07 Å². The van der Waals surface area contributed by atoms with Crippen molar-refractivity contribution in [2.75, 3.05) is 20.8 Å². The number of carbonyl (C=O) groups excluding carboxylic acids is 2. The summed E-state index contributed by atoms with van der Waals surface area (Å²) in [4.78, 5) is 29.9. The molecule has 0 N–H and O–H groups in total. The van der Waals surface area contributed by atoms with Gasteiger partial charge in [-0.3, -0.25) is 9.59 Å². The molecule has 0 aliphatic rings. The predicted molar refractivity (Wildman–Crippen MR) is 115 cm³/mol. The first-order chi connectivity index (χ1) is 14.4. The standard InChI is InChI=1S/C22H24N2O5S/c1-6-29-19(25)12-24-20-14(3)9-13(2)10-18(20)30-22(24)23-21(26)16-8-7-15(27-4)11-17(16)28-5/h7-11H,6,12H2,1-5H3. The molecular formula is C22H24N2O5S. The van der Waals surface area contributed by atoms with Crippen LogP contribution in [0.2, 0.25) is 0 Å². The average Bonchev–Trinajstić information content (AvgIpc) is 3.04. The molecule has 0 bridgehead atoms. The van der Waals surface area contributed by atoms with Gasteiger partial charge in [0.05, 0.1) is 36.6 Å². The molecule has 0 fully saturated rings. The number of fused-ring (bicyclic) bond motifs is 1. The monoisotopic (exact) mass is 428 g/mol. The van der Waals surface area contributed by atoms with Gasteiger partial charge in [-0.25, -0.2) is 0 Å². The second kappa shape index (κ2) is 9.13. The van der Waals surface area contributed by atoms with Crippen molar-refractivity contribution in [2.24, 2.45) is 4.99 Å². The number of benzene rings is 2. The van der Waals surface area contributed by atoms with Crippen LogP contribution >= 0.6 is 11.3 Å².